The summed E-state index contributed by atoms with van der Waals surface area (Å²) in [5, 5.41) is 0.0989. The second-order valence-electron chi connectivity index (χ2n) is 8.52. The van der Waals surface area contributed by atoms with Gasteiger partial charge in [0.2, 0.25) is 0 Å². The molecule has 0 fully saturated rings. The molecule has 0 unspecified atom stereocenters. The van der Waals surface area contributed by atoms with Crippen molar-refractivity contribution in [2.24, 2.45) is 0 Å². The first-order valence-corrected chi connectivity index (χ1v) is 11.6. The Morgan fingerprint density at radius 1 is 0.667 bits per heavy atom. The predicted molar refractivity (Wildman–Crippen MR) is 133 cm³/mol. The summed E-state index contributed by atoms with van der Waals surface area (Å²) in [4.78, 5) is 0. The third-order valence-electron chi connectivity index (χ3n) is 5.98. The minimum atomic E-state index is -1.52. The van der Waals surface area contributed by atoms with Gasteiger partial charge in [-0.1, -0.05) is 48.3 Å². The molecule has 0 atom stereocenters. The van der Waals surface area contributed by atoms with Crippen LogP contribution in [0.2, 0.25) is 0 Å². The van der Waals surface area contributed by atoms with E-state index in [4.69, 9.17) is 0 Å². The molecule has 4 aromatic rings. The lowest BCUT2D eigenvalue weighted by Gasteiger charge is -2.07. The maximum absolute atomic E-state index is 14.6. The zero-order chi connectivity index (χ0) is 25.7. The first-order valence-electron chi connectivity index (χ1n) is 11.6. The van der Waals surface area contributed by atoms with Crippen LogP contribution in [0.3, 0.4) is 0 Å². The summed E-state index contributed by atoms with van der Waals surface area (Å²) >= 11 is 0. The van der Waals surface area contributed by atoms with E-state index in [1.807, 2.05) is 25.1 Å². The van der Waals surface area contributed by atoms with Gasteiger partial charge in [-0.3, -0.25) is 0 Å². The Bertz CT molecular complexity index is 1510. The van der Waals surface area contributed by atoms with E-state index < -0.39 is 23.3 Å². The Kier molecular flexibility index (Phi) is 7.85. The Labute approximate surface area is 207 Å². The summed E-state index contributed by atoms with van der Waals surface area (Å²) in [5.74, 6) is 0.656. The first kappa shape index (κ1) is 25.2. The average molecular weight is 491 g/mol. The molecule has 0 aliphatic carbocycles. The molecule has 182 valence electrons. The fourth-order valence-electron chi connectivity index (χ4n) is 3.98. The van der Waals surface area contributed by atoms with E-state index in [1.54, 1.807) is 24.3 Å². The normalized spacial score (nSPS) is 11.2. The second-order valence-corrected chi connectivity index (χ2v) is 8.52. The van der Waals surface area contributed by atoms with Crippen LogP contribution in [0.1, 0.15) is 41.2 Å². The highest BCUT2D eigenvalue weighted by molar-refractivity contribution is 5.84. The lowest BCUT2D eigenvalue weighted by Crippen LogP contribution is -1.98. The van der Waals surface area contributed by atoms with E-state index in [0.717, 1.165) is 24.5 Å². The van der Waals surface area contributed by atoms with Gasteiger partial charge < -0.3 is 0 Å². The third kappa shape index (κ3) is 5.83. The number of halogens is 5. The number of fused-ring (bicyclic) bond motifs is 1. The highest BCUT2D eigenvalue weighted by Crippen LogP contribution is 2.24. The van der Waals surface area contributed by atoms with Gasteiger partial charge in [-0.25, -0.2) is 22.0 Å². The van der Waals surface area contributed by atoms with E-state index in [1.165, 1.54) is 24.3 Å². The van der Waals surface area contributed by atoms with Crippen molar-refractivity contribution >= 4 is 10.8 Å². The van der Waals surface area contributed by atoms with Gasteiger partial charge >= 0.3 is 0 Å². The third-order valence-corrected chi connectivity index (χ3v) is 5.98. The van der Waals surface area contributed by atoms with Crippen molar-refractivity contribution in [1.29, 1.82) is 0 Å². The maximum Gasteiger partial charge on any atom is 0.195 e. The summed E-state index contributed by atoms with van der Waals surface area (Å²) in [6.45, 7) is 1.95. The molecule has 0 aliphatic rings. The molecule has 0 amide bonds. The molecule has 0 aromatic heterocycles. The van der Waals surface area contributed by atoms with Gasteiger partial charge in [0.15, 0.2) is 17.5 Å². The van der Waals surface area contributed by atoms with Crippen LogP contribution in [-0.4, -0.2) is 0 Å². The molecule has 4 aromatic carbocycles. The summed E-state index contributed by atoms with van der Waals surface area (Å²) in [6.07, 6.45) is 6.56. The molecule has 0 saturated heterocycles. The molecule has 4 rings (SSSR count). The summed E-state index contributed by atoms with van der Waals surface area (Å²) in [6, 6.07) is 15.0. The van der Waals surface area contributed by atoms with E-state index in [2.05, 4.69) is 11.8 Å². The minimum Gasteiger partial charge on any atom is -0.207 e. The van der Waals surface area contributed by atoms with Crippen molar-refractivity contribution in [3.05, 3.63) is 130 Å². The van der Waals surface area contributed by atoms with Gasteiger partial charge in [0.1, 0.15) is 11.6 Å². The monoisotopic (exact) mass is 490 g/mol. The average Bonchev–Trinajstić information content (AvgIpc) is 2.86. The van der Waals surface area contributed by atoms with Crippen LogP contribution >= 0.6 is 0 Å². The van der Waals surface area contributed by atoms with Crippen LogP contribution in [0, 0.1) is 40.9 Å². The summed E-state index contributed by atoms with van der Waals surface area (Å²) < 4.78 is 69.9. The van der Waals surface area contributed by atoms with Crippen molar-refractivity contribution in [3.63, 3.8) is 0 Å². The Morgan fingerprint density at radius 2 is 1.42 bits per heavy atom. The Hall–Kier alpha value is -3.91. The lowest BCUT2D eigenvalue weighted by atomic mass is 10.00. The topological polar surface area (TPSA) is 0 Å². The maximum atomic E-state index is 14.6. The van der Waals surface area contributed by atoms with Crippen LogP contribution in [-0.2, 0) is 19.3 Å². The van der Waals surface area contributed by atoms with Crippen LogP contribution in [0.5, 0.6) is 0 Å². The van der Waals surface area contributed by atoms with Crippen molar-refractivity contribution in [1.82, 2.24) is 0 Å². The number of hydrogen-bond acceptors (Lipinski definition) is 0. The van der Waals surface area contributed by atoms with Gasteiger partial charge in [0, 0.05) is 10.9 Å². The molecule has 0 saturated carbocycles. The molecule has 0 nitrogen and oxygen atoms in total. The zero-order valence-electron chi connectivity index (χ0n) is 19.6. The van der Waals surface area contributed by atoms with Crippen molar-refractivity contribution in [3.8, 4) is 11.8 Å². The quantitative estimate of drug-likeness (QED) is 0.111. The van der Waals surface area contributed by atoms with Gasteiger partial charge in [0.05, 0.1) is 5.56 Å². The molecule has 36 heavy (non-hydrogen) atoms. The van der Waals surface area contributed by atoms with Crippen LogP contribution < -0.4 is 0 Å². The number of hydrogen-bond donors (Lipinski definition) is 0. The fourth-order valence-corrected chi connectivity index (χ4v) is 3.98. The highest BCUT2D eigenvalue weighted by Gasteiger charge is 2.13. The molecule has 5 heteroatoms. The second kappa shape index (κ2) is 11.2. The van der Waals surface area contributed by atoms with Crippen molar-refractivity contribution in [2.75, 3.05) is 0 Å². The standard InChI is InChI=1S/C31H23F5/c1-2-3-4-5-20-6-11-23(27(32)17-20)13-8-22-9-14-24(28(33)18-22)12-7-21-10-15-26-25(16-21)19-29(34)31(36)30(26)35/h2-3,6,9-11,14-19H,4-5,8,13H2,1H3/b3-2+. The van der Waals surface area contributed by atoms with Gasteiger partial charge in [-0.05, 0) is 91.1 Å². The lowest BCUT2D eigenvalue weighted by molar-refractivity contribution is 0.453. The zero-order valence-corrected chi connectivity index (χ0v) is 19.6. The molecule has 0 N–H and O–H groups in total. The van der Waals surface area contributed by atoms with E-state index in [-0.39, 0.29) is 22.2 Å². The highest BCUT2D eigenvalue weighted by atomic mass is 19.2. The molecule has 0 spiro atoms. The van der Waals surface area contributed by atoms with Crippen LogP contribution in [0.15, 0.2) is 72.8 Å². The Morgan fingerprint density at radius 3 is 2.17 bits per heavy atom. The Balaban J connectivity index is 1.45. The van der Waals surface area contributed by atoms with E-state index in [0.29, 0.717) is 29.5 Å². The number of benzene rings is 4. The molecular formula is C31H23F5. The molecular weight excluding hydrogens is 467 g/mol. The minimum absolute atomic E-state index is 0.0605. The molecule has 0 aliphatic heterocycles. The van der Waals surface area contributed by atoms with Crippen LogP contribution in [0.25, 0.3) is 10.8 Å². The molecule has 0 bridgehead atoms. The number of aryl methyl sites for hydroxylation is 3. The molecule has 0 radical (unpaired) electrons. The fraction of sp³-hybridized carbons (Fsp3) is 0.161. The number of allylic oxidation sites excluding steroid dienone is 2. The smallest absolute Gasteiger partial charge is 0.195 e. The number of rotatable bonds is 6. The first-order chi connectivity index (χ1) is 17.4. The van der Waals surface area contributed by atoms with Crippen molar-refractivity contribution in [2.45, 2.75) is 32.6 Å². The van der Waals surface area contributed by atoms with Gasteiger partial charge in [-0.2, -0.15) is 0 Å². The largest absolute Gasteiger partial charge is 0.207 e. The van der Waals surface area contributed by atoms with Gasteiger partial charge in [-0.15, -0.1) is 0 Å². The van der Waals surface area contributed by atoms with E-state index >= 15 is 0 Å². The SMILES string of the molecule is C/C=C/CCc1ccc(CCc2ccc(C#Cc3ccc4c(F)c(F)c(F)cc4c3)c(F)c2)c(F)c1. The summed E-state index contributed by atoms with van der Waals surface area (Å²) in [5.41, 5.74) is 2.80. The van der Waals surface area contributed by atoms with Gasteiger partial charge in [0.25, 0.3) is 0 Å². The molecule has 0 heterocycles. The van der Waals surface area contributed by atoms with E-state index in [9.17, 15) is 22.0 Å². The predicted octanol–water partition coefficient (Wildman–Crippen LogP) is 8.23. The van der Waals surface area contributed by atoms with Crippen molar-refractivity contribution < 1.29 is 22.0 Å². The summed E-state index contributed by atoms with van der Waals surface area (Å²) in [7, 11) is 0. The van der Waals surface area contributed by atoms with Crippen LogP contribution in [0.4, 0.5) is 22.0 Å².